The minimum Gasteiger partial charge on any atom is -0.355 e. The summed E-state index contributed by atoms with van der Waals surface area (Å²) < 4.78 is 0. The molecule has 0 radical (unpaired) electrons. The van der Waals surface area contributed by atoms with E-state index in [0.29, 0.717) is 12.1 Å². The quantitative estimate of drug-likeness (QED) is 0.594. The van der Waals surface area contributed by atoms with Crippen LogP contribution in [-0.4, -0.2) is 92.1 Å². The molecule has 5 rings (SSSR count). The van der Waals surface area contributed by atoms with Crippen LogP contribution in [0.4, 0.5) is 0 Å². The number of piperidine rings is 1. The van der Waals surface area contributed by atoms with Crippen molar-refractivity contribution in [3.05, 3.63) is 35.9 Å². The second-order valence-corrected chi connectivity index (χ2v) is 8.15. The van der Waals surface area contributed by atoms with Crippen LogP contribution in [0.5, 0.6) is 0 Å². The van der Waals surface area contributed by atoms with Crippen LogP contribution >= 0.6 is 0 Å². The van der Waals surface area contributed by atoms with Gasteiger partial charge in [-0.2, -0.15) is 0 Å². The van der Waals surface area contributed by atoms with E-state index >= 15 is 0 Å². The van der Waals surface area contributed by atoms with Crippen molar-refractivity contribution in [3.63, 3.8) is 0 Å². The first-order valence-electron chi connectivity index (χ1n) is 10.5. The molecule has 0 saturated carbocycles. The Balaban J connectivity index is 1.24. The zero-order chi connectivity index (χ0) is 18.5. The van der Waals surface area contributed by atoms with Crippen molar-refractivity contribution < 1.29 is 0 Å². The van der Waals surface area contributed by atoms with Crippen molar-refractivity contribution >= 4 is 5.96 Å². The van der Waals surface area contributed by atoms with Crippen LogP contribution in [0.25, 0.3) is 0 Å². The standard InChI is InChI=1S/C21H34N6/c1-22-21(23-14-20-17-25-10-12-27(20)13-11-25)24-19-8-5-9-26(16-19)15-18-6-3-2-4-7-18/h2-4,6-7,19-20H,5,8-17H2,1H3,(H2,22,23,24). The zero-order valence-electron chi connectivity index (χ0n) is 16.6. The first-order chi connectivity index (χ1) is 13.3. The predicted octanol–water partition coefficient (Wildman–Crippen LogP) is 0.816. The maximum atomic E-state index is 4.48. The van der Waals surface area contributed by atoms with Gasteiger partial charge in [-0.25, -0.2) is 0 Å². The highest BCUT2D eigenvalue weighted by Crippen LogP contribution is 2.15. The molecule has 2 atom stereocenters. The fourth-order valence-electron chi connectivity index (χ4n) is 4.68. The second kappa shape index (κ2) is 9.04. The Morgan fingerprint density at radius 3 is 2.59 bits per heavy atom. The molecule has 4 aliphatic rings. The molecule has 0 aromatic heterocycles. The number of benzene rings is 1. The summed E-state index contributed by atoms with van der Waals surface area (Å²) in [5.74, 6) is 0.958. The summed E-state index contributed by atoms with van der Waals surface area (Å²) in [7, 11) is 1.89. The molecule has 0 aliphatic carbocycles. The van der Waals surface area contributed by atoms with E-state index in [1.54, 1.807) is 0 Å². The molecule has 0 amide bonds. The summed E-state index contributed by atoms with van der Waals surface area (Å²) in [6.45, 7) is 10.4. The van der Waals surface area contributed by atoms with Crippen LogP contribution in [0.1, 0.15) is 18.4 Å². The Morgan fingerprint density at radius 1 is 1.07 bits per heavy atom. The fraction of sp³-hybridized carbons (Fsp3) is 0.667. The Labute approximate surface area is 163 Å². The third-order valence-corrected chi connectivity index (χ3v) is 6.22. The maximum Gasteiger partial charge on any atom is 0.191 e. The molecule has 2 N–H and O–H groups in total. The molecule has 0 spiro atoms. The molecular weight excluding hydrogens is 336 g/mol. The summed E-state index contributed by atoms with van der Waals surface area (Å²) >= 11 is 0. The van der Waals surface area contributed by atoms with E-state index in [4.69, 9.17) is 0 Å². The number of nitrogens with zero attached hydrogens (tertiary/aromatic N) is 4. The van der Waals surface area contributed by atoms with Gasteiger partial charge in [-0.3, -0.25) is 19.7 Å². The maximum absolute atomic E-state index is 4.48. The number of rotatable bonds is 5. The average Bonchev–Trinajstić information content (AvgIpc) is 2.73. The van der Waals surface area contributed by atoms with E-state index < -0.39 is 0 Å². The van der Waals surface area contributed by atoms with Gasteiger partial charge in [0, 0.05) is 71.5 Å². The highest BCUT2D eigenvalue weighted by molar-refractivity contribution is 5.80. The van der Waals surface area contributed by atoms with E-state index in [9.17, 15) is 0 Å². The number of likely N-dealkylation sites (tertiary alicyclic amines) is 1. The average molecular weight is 371 g/mol. The van der Waals surface area contributed by atoms with Crippen LogP contribution in [0, 0.1) is 0 Å². The van der Waals surface area contributed by atoms with E-state index in [1.807, 2.05) is 7.05 Å². The lowest BCUT2D eigenvalue weighted by atomic mass is 10.0. The van der Waals surface area contributed by atoms with Gasteiger partial charge in [0.15, 0.2) is 5.96 Å². The van der Waals surface area contributed by atoms with E-state index in [-0.39, 0.29) is 0 Å². The molecule has 4 fully saturated rings. The van der Waals surface area contributed by atoms with E-state index in [2.05, 4.69) is 60.7 Å². The smallest absolute Gasteiger partial charge is 0.191 e. The van der Waals surface area contributed by atoms with Crippen molar-refractivity contribution in [1.82, 2.24) is 25.3 Å². The monoisotopic (exact) mass is 370 g/mol. The van der Waals surface area contributed by atoms with Gasteiger partial charge in [0.05, 0.1) is 0 Å². The first kappa shape index (κ1) is 18.7. The van der Waals surface area contributed by atoms with E-state index in [0.717, 1.165) is 25.6 Å². The van der Waals surface area contributed by atoms with E-state index in [1.165, 1.54) is 57.7 Å². The topological polar surface area (TPSA) is 46.1 Å². The molecule has 148 valence electrons. The molecule has 4 saturated heterocycles. The van der Waals surface area contributed by atoms with Gasteiger partial charge < -0.3 is 10.6 Å². The lowest BCUT2D eigenvalue weighted by molar-refractivity contribution is 0.0154. The van der Waals surface area contributed by atoms with Gasteiger partial charge >= 0.3 is 0 Å². The molecule has 2 unspecified atom stereocenters. The van der Waals surface area contributed by atoms with Crippen LogP contribution in [-0.2, 0) is 6.54 Å². The molecule has 1 aromatic carbocycles. The van der Waals surface area contributed by atoms with Gasteiger partial charge in [0.2, 0.25) is 0 Å². The van der Waals surface area contributed by atoms with Crippen LogP contribution < -0.4 is 10.6 Å². The van der Waals surface area contributed by atoms with Gasteiger partial charge in [-0.15, -0.1) is 0 Å². The molecule has 6 heteroatoms. The molecule has 27 heavy (non-hydrogen) atoms. The highest BCUT2D eigenvalue weighted by atomic mass is 15.4. The van der Waals surface area contributed by atoms with Crippen molar-refractivity contribution in [2.24, 2.45) is 4.99 Å². The third-order valence-electron chi connectivity index (χ3n) is 6.22. The number of aliphatic imine (C=N–C) groups is 1. The number of guanidine groups is 1. The van der Waals surface area contributed by atoms with Crippen LogP contribution in [0.3, 0.4) is 0 Å². The second-order valence-electron chi connectivity index (χ2n) is 8.15. The van der Waals surface area contributed by atoms with Crippen molar-refractivity contribution in [1.29, 1.82) is 0 Å². The minimum absolute atomic E-state index is 0.473. The SMILES string of the molecule is CN=C(NCC1CN2CCN1CC2)NC1CCCN(Cc2ccccc2)C1. The summed E-state index contributed by atoms with van der Waals surface area (Å²) in [6.07, 6.45) is 2.46. The van der Waals surface area contributed by atoms with Gasteiger partial charge in [-0.05, 0) is 24.9 Å². The van der Waals surface area contributed by atoms with Crippen LogP contribution in [0.15, 0.2) is 35.3 Å². The number of nitrogens with one attached hydrogen (secondary N) is 2. The van der Waals surface area contributed by atoms with Crippen molar-refractivity contribution in [3.8, 4) is 0 Å². The highest BCUT2D eigenvalue weighted by Gasteiger charge is 2.31. The lowest BCUT2D eigenvalue weighted by Crippen LogP contribution is -2.64. The number of piperazine rings is 3. The summed E-state index contributed by atoms with van der Waals surface area (Å²) in [6, 6.07) is 11.9. The summed E-state index contributed by atoms with van der Waals surface area (Å²) in [4.78, 5) is 12.3. The molecule has 4 aliphatic heterocycles. The Morgan fingerprint density at radius 2 is 1.89 bits per heavy atom. The minimum atomic E-state index is 0.473. The zero-order valence-corrected chi connectivity index (χ0v) is 16.6. The lowest BCUT2D eigenvalue weighted by Gasteiger charge is -2.47. The van der Waals surface area contributed by atoms with Gasteiger partial charge in [0.25, 0.3) is 0 Å². The summed E-state index contributed by atoms with van der Waals surface area (Å²) in [5, 5.41) is 7.26. The molecule has 2 bridgehead atoms. The van der Waals surface area contributed by atoms with Gasteiger partial charge in [0.1, 0.15) is 0 Å². The fourth-order valence-corrected chi connectivity index (χ4v) is 4.68. The molecular formula is C21H34N6. The Hall–Kier alpha value is -1.63. The number of hydrogen-bond donors (Lipinski definition) is 2. The number of hydrogen-bond acceptors (Lipinski definition) is 4. The normalized spacial score (nSPS) is 31.7. The first-order valence-corrected chi connectivity index (χ1v) is 10.5. The Kier molecular flexibility index (Phi) is 6.27. The van der Waals surface area contributed by atoms with Gasteiger partial charge in [-0.1, -0.05) is 30.3 Å². The number of fused-ring (bicyclic) bond motifs is 3. The summed E-state index contributed by atoms with van der Waals surface area (Å²) in [5.41, 5.74) is 1.40. The van der Waals surface area contributed by atoms with Crippen molar-refractivity contribution in [2.45, 2.75) is 31.5 Å². The predicted molar refractivity (Wildman–Crippen MR) is 111 cm³/mol. The largest absolute Gasteiger partial charge is 0.355 e. The molecule has 1 aromatic rings. The van der Waals surface area contributed by atoms with Crippen LogP contribution in [0.2, 0.25) is 0 Å². The van der Waals surface area contributed by atoms with Crippen molar-refractivity contribution in [2.75, 3.05) is 59.4 Å². The Bertz CT molecular complexity index is 610. The third kappa shape index (κ3) is 5.00. The molecule has 6 nitrogen and oxygen atoms in total. The molecule has 4 heterocycles.